The number of benzene rings is 1. The Labute approximate surface area is 189 Å². The third-order valence-electron chi connectivity index (χ3n) is 5.18. The first-order chi connectivity index (χ1) is 15.2. The Morgan fingerprint density at radius 3 is 2.71 bits per heavy atom. The van der Waals surface area contributed by atoms with E-state index in [9.17, 15) is 0 Å². The number of hydrogen-bond acceptors (Lipinski definition) is 5. The molecule has 2 heterocycles. The summed E-state index contributed by atoms with van der Waals surface area (Å²) in [5.41, 5.74) is 0. The number of aromatic nitrogens is 3. The molecule has 1 saturated heterocycles. The SMILES string of the molecule is C=CCNC(=NCCn1cnnc1CC)N1CCN(CCOc2ccc(Cl)cc2)CC1. The number of aliphatic imine (C=N–C) groups is 1. The van der Waals surface area contributed by atoms with Crippen LogP contribution in [0.25, 0.3) is 0 Å². The van der Waals surface area contributed by atoms with Crippen molar-refractivity contribution in [3.05, 3.63) is 54.1 Å². The second-order valence-corrected chi connectivity index (χ2v) is 7.74. The van der Waals surface area contributed by atoms with Gasteiger partial charge in [-0.2, -0.15) is 0 Å². The number of nitrogens with zero attached hydrogens (tertiary/aromatic N) is 6. The summed E-state index contributed by atoms with van der Waals surface area (Å²) < 4.78 is 7.89. The number of hydrogen-bond donors (Lipinski definition) is 1. The number of halogens is 1. The lowest BCUT2D eigenvalue weighted by molar-refractivity contribution is 0.152. The number of nitrogens with one attached hydrogen (secondary N) is 1. The highest BCUT2D eigenvalue weighted by Gasteiger charge is 2.19. The fourth-order valence-electron chi connectivity index (χ4n) is 3.44. The molecule has 2 aromatic rings. The molecular weight excluding hydrogens is 414 g/mol. The lowest BCUT2D eigenvalue weighted by Crippen LogP contribution is -2.53. The average Bonchev–Trinajstić information content (AvgIpc) is 3.25. The summed E-state index contributed by atoms with van der Waals surface area (Å²) >= 11 is 5.91. The maximum atomic E-state index is 5.91. The molecule has 0 saturated carbocycles. The molecule has 1 aliphatic rings. The van der Waals surface area contributed by atoms with Crippen LogP contribution in [0.4, 0.5) is 0 Å². The second kappa shape index (κ2) is 12.3. The summed E-state index contributed by atoms with van der Waals surface area (Å²) in [6.45, 7) is 13.4. The third-order valence-corrected chi connectivity index (χ3v) is 5.43. The Morgan fingerprint density at radius 1 is 1.23 bits per heavy atom. The van der Waals surface area contributed by atoms with Gasteiger partial charge in [0.25, 0.3) is 0 Å². The van der Waals surface area contributed by atoms with E-state index in [1.807, 2.05) is 30.3 Å². The Bertz CT molecular complexity index is 829. The van der Waals surface area contributed by atoms with Crippen LogP contribution in [-0.4, -0.2) is 82.9 Å². The highest BCUT2D eigenvalue weighted by Crippen LogP contribution is 2.15. The molecule has 0 amide bonds. The van der Waals surface area contributed by atoms with E-state index in [0.717, 1.165) is 68.2 Å². The van der Waals surface area contributed by atoms with Crippen molar-refractivity contribution in [2.24, 2.45) is 4.99 Å². The van der Waals surface area contributed by atoms with Gasteiger partial charge in [-0.1, -0.05) is 24.6 Å². The summed E-state index contributed by atoms with van der Waals surface area (Å²) in [6.07, 6.45) is 4.50. The summed E-state index contributed by atoms with van der Waals surface area (Å²) in [4.78, 5) is 9.55. The molecule has 0 unspecified atom stereocenters. The Balaban J connectivity index is 1.44. The van der Waals surface area contributed by atoms with E-state index in [2.05, 4.69) is 43.4 Å². The fourth-order valence-corrected chi connectivity index (χ4v) is 3.57. The number of guanidine groups is 1. The first-order valence-corrected chi connectivity index (χ1v) is 11.2. The van der Waals surface area contributed by atoms with Crippen LogP contribution >= 0.6 is 11.6 Å². The summed E-state index contributed by atoms with van der Waals surface area (Å²) in [5.74, 6) is 2.78. The van der Waals surface area contributed by atoms with Gasteiger partial charge in [0.1, 0.15) is 24.5 Å². The monoisotopic (exact) mass is 445 g/mol. The highest BCUT2D eigenvalue weighted by molar-refractivity contribution is 6.30. The Morgan fingerprint density at radius 2 is 2.00 bits per heavy atom. The standard InChI is InChI=1S/C22H32ClN7O/c1-3-9-24-22(25-10-11-30-18-26-27-21(30)4-2)29-14-12-28(13-15-29)16-17-31-20-7-5-19(23)6-8-20/h3,5-8,18H,1,4,9-17H2,2H3,(H,24,25). The van der Waals surface area contributed by atoms with E-state index in [0.29, 0.717) is 19.7 Å². The zero-order valence-corrected chi connectivity index (χ0v) is 19.0. The molecule has 0 radical (unpaired) electrons. The highest BCUT2D eigenvalue weighted by atomic mass is 35.5. The van der Waals surface area contributed by atoms with Gasteiger partial charge in [-0.15, -0.1) is 16.8 Å². The quantitative estimate of drug-likeness (QED) is 0.344. The summed E-state index contributed by atoms with van der Waals surface area (Å²) in [5, 5.41) is 12.2. The van der Waals surface area contributed by atoms with Crippen LogP contribution < -0.4 is 10.1 Å². The molecule has 0 atom stereocenters. The van der Waals surface area contributed by atoms with Crippen molar-refractivity contribution in [1.82, 2.24) is 29.9 Å². The molecule has 1 N–H and O–H groups in total. The molecule has 1 fully saturated rings. The molecule has 9 heteroatoms. The molecule has 8 nitrogen and oxygen atoms in total. The molecule has 168 valence electrons. The molecule has 0 spiro atoms. The van der Waals surface area contributed by atoms with Gasteiger partial charge in [0.05, 0.1) is 6.54 Å². The number of aryl methyl sites for hydroxylation is 1. The summed E-state index contributed by atoms with van der Waals surface area (Å²) in [7, 11) is 0. The van der Waals surface area contributed by atoms with E-state index >= 15 is 0 Å². The van der Waals surface area contributed by atoms with Crippen molar-refractivity contribution in [3.8, 4) is 5.75 Å². The van der Waals surface area contributed by atoms with Crippen LogP contribution in [0.5, 0.6) is 5.75 Å². The minimum Gasteiger partial charge on any atom is -0.492 e. The largest absolute Gasteiger partial charge is 0.492 e. The van der Waals surface area contributed by atoms with Crippen LogP contribution in [0.2, 0.25) is 5.02 Å². The molecule has 0 aliphatic carbocycles. The van der Waals surface area contributed by atoms with Gasteiger partial charge in [-0.25, -0.2) is 0 Å². The van der Waals surface area contributed by atoms with Gasteiger partial charge in [0, 0.05) is 57.3 Å². The number of rotatable bonds is 10. The normalized spacial score (nSPS) is 15.2. The molecule has 31 heavy (non-hydrogen) atoms. The zero-order valence-electron chi connectivity index (χ0n) is 18.2. The smallest absolute Gasteiger partial charge is 0.194 e. The van der Waals surface area contributed by atoms with Gasteiger partial charge in [-0.3, -0.25) is 9.89 Å². The van der Waals surface area contributed by atoms with Crippen LogP contribution in [0.15, 0.2) is 48.2 Å². The van der Waals surface area contributed by atoms with Gasteiger partial charge < -0.3 is 19.5 Å². The Kier molecular flexibility index (Phi) is 9.17. The minimum absolute atomic E-state index is 0.663. The van der Waals surface area contributed by atoms with Crippen molar-refractivity contribution >= 4 is 17.6 Å². The molecule has 1 aliphatic heterocycles. The number of piperazine rings is 1. The fraction of sp³-hybridized carbons (Fsp3) is 0.500. The van der Waals surface area contributed by atoms with Gasteiger partial charge in [0.15, 0.2) is 5.96 Å². The van der Waals surface area contributed by atoms with Gasteiger partial charge in [-0.05, 0) is 24.3 Å². The second-order valence-electron chi connectivity index (χ2n) is 7.30. The zero-order chi connectivity index (χ0) is 21.9. The predicted molar refractivity (Wildman–Crippen MR) is 125 cm³/mol. The predicted octanol–water partition coefficient (Wildman–Crippen LogP) is 2.32. The summed E-state index contributed by atoms with van der Waals surface area (Å²) in [6, 6.07) is 7.49. The molecular formula is C22H32ClN7O. The van der Waals surface area contributed by atoms with E-state index in [1.54, 1.807) is 6.33 Å². The maximum Gasteiger partial charge on any atom is 0.194 e. The number of ether oxygens (including phenoxy) is 1. The van der Waals surface area contributed by atoms with E-state index in [-0.39, 0.29) is 0 Å². The molecule has 3 rings (SSSR count). The van der Waals surface area contributed by atoms with E-state index < -0.39 is 0 Å². The van der Waals surface area contributed by atoms with Crippen molar-refractivity contribution in [1.29, 1.82) is 0 Å². The van der Waals surface area contributed by atoms with Gasteiger partial charge in [0.2, 0.25) is 0 Å². The van der Waals surface area contributed by atoms with Crippen molar-refractivity contribution in [2.75, 3.05) is 52.4 Å². The third kappa shape index (κ3) is 7.25. The van der Waals surface area contributed by atoms with E-state index in [4.69, 9.17) is 21.3 Å². The average molecular weight is 446 g/mol. The van der Waals surface area contributed by atoms with Crippen LogP contribution in [-0.2, 0) is 13.0 Å². The first-order valence-electron chi connectivity index (χ1n) is 10.8. The van der Waals surface area contributed by atoms with Crippen LogP contribution in [0.3, 0.4) is 0 Å². The Hall–Kier alpha value is -2.58. The minimum atomic E-state index is 0.663. The van der Waals surface area contributed by atoms with E-state index in [1.165, 1.54) is 0 Å². The van der Waals surface area contributed by atoms with Crippen molar-refractivity contribution < 1.29 is 4.74 Å². The lowest BCUT2D eigenvalue weighted by atomic mass is 10.3. The van der Waals surface area contributed by atoms with Gasteiger partial charge >= 0.3 is 0 Å². The maximum absolute atomic E-state index is 5.91. The van der Waals surface area contributed by atoms with Crippen LogP contribution in [0, 0.1) is 0 Å². The first kappa shape index (κ1) is 23.1. The molecule has 0 bridgehead atoms. The lowest BCUT2D eigenvalue weighted by Gasteiger charge is -2.36. The molecule has 1 aromatic heterocycles. The van der Waals surface area contributed by atoms with Crippen molar-refractivity contribution in [2.45, 2.75) is 19.9 Å². The molecule has 1 aromatic carbocycles. The van der Waals surface area contributed by atoms with Crippen LogP contribution in [0.1, 0.15) is 12.7 Å². The van der Waals surface area contributed by atoms with Crippen molar-refractivity contribution in [3.63, 3.8) is 0 Å². The topological polar surface area (TPSA) is 70.8 Å².